The minimum Gasteiger partial charge on any atom is -0.406 e. The van der Waals surface area contributed by atoms with Crippen molar-refractivity contribution in [3.63, 3.8) is 0 Å². The van der Waals surface area contributed by atoms with E-state index in [1.54, 1.807) is 0 Å². The van der Waals surface area contributed by atoms with Crippen molar-refractivity contribution in [1.82, 2.24) is 10.2 Å². The third-order valence-electron chi connectivity index (χ3n) is 2.91. The van der Waals surface area contributed by atoms with E-state index in [1.807, 2.05) is 20.8 Å². The summed E-state index contributed by atoms with van der Waals surface area (Å²) in [4.78, 5) is 11.9. The van der Waals surface area contributed by atoms with Gasteiger partial charge < -0.3 is 10.1 Å². The molecule has 0 saturated heterocycles. The van der Waals surface area contributed by atoms with Gasteiger partial charge in [-0.1, -0.05) is 43.9 Å². The molecule has 0 spiro atoms. The Morgan fingerprint density at radius 1 is 1.20 bits per heavy atom. The third-order valence-corrected chi connectivity index (χ3v) is 4.88. The van der Waals surface area contributed by atoms with Crippen LogP contribution in [0.5, 0.6) is 5.75 Å². The Morgan fingerprint density at radius 2 is 1.84 bits per heavy atom. The molecule has 1 N–H and O–H groups in total. The standard InChI is InChI=1S/C15H16F3N3O2S2/c1-14(2,3)11(22)8-24-13-21-20-12(25-13)19-9-4-6-10(7-5-9)23-15(16,17)18/h4-7H,8H2,1-3H3,(H,19,20). The highest BCUT2D eigenvalue weighted by molar-refractivity contribution is 8.01. The number of ether oxygens (including phenoxy) is 1. The molecular weight excluding hydrogens is 375 g/mol. The molecule has 0 aliphatic heterocycles. The van der Waals surface area contributed by atoms with Gasteiger partial charge in [-0.15, -0.1) is 23.4 Å². The van der Waals surface area contributed by atoms with Gasteiger partial charge in [0.1, 0.15) is 11.5 Å². The number of hydrogen-bond acceptors (Lipinski definition) is 7. The van der Waals surface area contributed by atoms with Crippen LogP contribution in [0.3, 0.4) is 0 Å². The molecule has 0 aliphatic rings. The van der Waals surface area contributed by atoms with E-state index in [-0.39, 0.29) is 11.5 Å². The van der Waals surface area contributed by atoms with E-state index in [2.05, 4.69) is 20.3 Å². The molecule has 0 bridgehead atoms. The van der Waals surface area contributed by atoms with Gasteiger partial charge in [-0.3, -0.25) is 4.79 Å². The number of Topliss-reactive ketones (excluding diaryl/α,β-unsaturated/α-hetero) is 1. The summed E-state index contributed by atoms with van der Waals surface area (Å²) in [6.07, 6.45) is -4.72. The maximum atomic E-state index is 12.1. The molecule has 5 nitrogen and oxygen atoms in total. The highest BCUT2D eigenvalue weighted by Crippen LogP contribution is 2.30. The molecule has 0 saturated carbocycles. The molecule has 10 heteroatoms. The van der Waals surface area contributed by atoms with Gasteiger partial charge in [0.2, 0.25) is 5.13 Å². The van der Waals surface area contributed by atoms with Crippen molar-refractivity contribution in [3.05, 3.63) is 24.3 Å². The summed E-state index contributed by atoms with van der Waals surface area (Å²) in [7, 11) is 0. The van der Waals surface area contributed by atoms with Gasteiger partial charge >= 0.3 is 6.36 Å². The zero-order valence-electron chi connectivity index (χ0n) is 13.7. The zero-order valence-corrected chi connectivity index (χ0v) is 15.3. The number of anilines is 2. The normalized spacial score (nSPS) is 12.1. The Bertz CT molecular complexity index is 725. The number of aromatic nitrogens is 2. The van der Waals surface area contributed by atoms with E-state index in [0.717, 1.165) is 0 Å². The lowest BCUT2D eigenvalue weighted by molar-refractivity contribution is -0.274. The molecule has 1 aromatic heterocycles. The van der Waals surface area contributed by atoms with Crippen LogP contribution in [0, 0.1) is 5.41 Å². The number of carbonyl (C=O) groups is 1. The number of thioether (sulfide) groups is 1. The number of nitrogens with one attached hydrogen (secondary N) is 1. The second kappa shape index (κ2) is 7.61. The maximum absolute atomic E-state index is 12.1. The molecule has 136 valence electrons. The van der Waals surface area contributed by atoms with Gasteiger partial charge in [-0.05, 0) is 24.3 Å². The minimum absolute atomic E-state index is 0.113. The van der Waals surface area contributed by atoms with Gasteiger partial charge in [-0.2, -0.15) is 0 Å². The smallest absolute Gasteiger partial charge is 0.406 e. The Hall–Kier alpha value is -1.81. The SMILES string of the molecule is CC(C)(C)C(=O)CSc1nnc(Nc2ccc(OC(F)(F)F)cc2)s1. The van der Waals surface area contributed by atoms with Crippen molar-refractivity contribution in [3.8, 4) is 5.75 Å². The molecular formula is C15H16F3N3O2S2. The first-order valence-electron chi connectivity index (χ1n) is 7.15. The summed E-state index contributed by atoms with van der Waals surface area (Å²) in [6, 6.07) is 5.29. The van der Waals surface area contributed by atoms with Crippen LogP contribution in [-0.4, -0.2) is 28.1 Å². The van der Waals surface area contributed by atoms with Gasteiger partial charge in [0.05, 0.1) is 5.75 Å². The number of benzene rings is 1. The molecule has 2 aromatic rings. The van der Waals surface area contributed by atoms with Crippen molar-refractivity contribution in [2.45, 2.75) is 31.5 Å². The summed E-state index contributed by atoms with van der Waals surface area (Å²) < 4.78 is 40.8. The van der Waals surface area contributed by atoms with Crippen molar-refractivity contribution in [2.75, 3.05) is 11.1 Å². The molecule has 0 unspecified atom stereocenters. The van der Waals surface area contributed by atoms with E-state index in [1.165, 1.54) is 47.4 Å². The van der Waals surface area contributed by atoms with Gasteiger partial charge in [-0.25, -0.2) is 0 Å². The molecule has 2 rings (SSSR count). The molecule has 0 fully saturated rings. The highest BCUT2D eigenvalue weighted by atomic mass is 32.2. The number of rotatable bonds is 6. The number of halogens is 3. The van der Waals surface area contributed by atoms with E-state index in [9.17, 15) is 18.0 Å². The fourth-order valence-electron chi connectivity index (χ4n) is 1.53. The van der Waals surface area contributed by atoms with Crippen LogP contribution >= 0.6 is 23.1 Å². The van der Waals surface area contributed by atoms with E-state index < -0.39 is 11.8 Å². The second-order valence-electron chi connectivity index (χ2n) is 6.03. The average Bonchev–Trinajstić information content (AvgIpc) is 2.92. The predicted molar refractivity (Wildman–Crippen MR) is 91.5 cm³/mol. The lowest BCUT2D eigenvalue weighted by Crippen LogP contribution is -2.21. The molecule has 1 heterocycles. The zero-order chi connectivity index (χ0) is 18.7. The second-order valence-corrected chi connectivity index (χ2v) is 8.23. The number of ketones is 1. The maximum Gasteiger partial charge on any atom is 0.573 e. The third kappa shape index (κ3) is 6.54. The van der Waals surface area contributed by atoms with Crippen molar-refractivity contribution < 1.29 is 22.7 Å². The van der Waals surface area contributed by atoms with Crippen molar-refractivity contribution >= 4 is 39.7 Å². The summed E-state index contributed by atoms with van der Waals surface area (Å²) in [6.45, 7) is 5.57. The summed E-state index contributed by atoms with van der Waals surface area (Å²) in [5.74, 6) is 0.122. The largest absolute Gasteiger partial charge is 0.573 e. The molecule has 1 aromatic carbocycles. The molecule has 0 radical (unpaired) electrons. The van der Waals surface area contributed by atoms with Crippen LogP contribution < -0.4 is 10.1 Å². The van der Waals surface area contributed by atoms with Crippen LogP contribution in [0.1, 0.15) is 20.8 Å². The van der Waals surface area contributed by atoms with Crippen LogP contribution in [0.4, 0.5) is 24.0 Å². The Labute approximate surface area is 151 Å². The summed E-state index contributed by atoms with van der Waals surface area (Å²) in [5.41, 5.74) is 0.145. The van der Waals surface area contributed by atoms with Gasteiger partial charge in [0.15, 0.2) is 4.34 Å². The van der Waals surface area contributed by atoms with Crippen LogP contribution in [0.15, 0.2) is 28.6 Å². The van der Waals surface area contributed by atoms with Crippen LogP contribution in [0.25, 0.3) is 0 Å². The molecule has 25 heavy (non-hydrogen) atoms. The van der Waals surface area contributed by atoms with E-state index in [4.69, 9.17) is 0 Å². The summed E-state index contributed by atoms with van der Waals surface area (Å²) in [5, 5.41) is 11.3. The quantitative estimate of drug-likeness (QED) is 0.708. The van der Waals surface area contributed by atoms with Crippen LogP contribution in [0.2, 0.25) is 0 Å². The van der Waals surface area contributed by atoms with E-state index in [0.29, 0.717) is 20.9 Å². The molecule has 0 aliphatic carbocycles. The Balaban J connectivity index is 1.91. The molecule has 0 atom stereocenters. The number of hydrogen-bond donors (Lipinski definition) is 1. The first-order chi connectivity index (χ1) is 11.5. The first kappa shape index (κ1) is 19.5. The van der Waals surface area contributed by atoms with Crippen LogP contribution in [-0.2, 0) is 4.79 Å². The minimum atomic E-state index is -4.72. The summed E-state index contributed by atoms with van der Waals surface area (Å²) >= 11 is 2.57. The number of carbonyl (C=O) groups excluding carboxylic acids is 1. The van der Waals surface area contributed by atoms with Crippen molar-refractivity contribution in [1.29, 1.82) is 0 Å². The monoisotopic (exact) mass is 391 g/mol. The first-order valence-corrected chi connectivity index (χ1v) is 8.95. The fourth-order valence-corrected chi connectivity index (χ4v) is 3.46. The number of alkyl halides is 3. The fraction of sp³-hybridized carbons (Fsp3) is 0.400. The Kier molecular flexibility index (Phi) is 5.94. The lowest BCUT2D eigenvalue weighted by Gasteiger charge is -2.15. The van der Waals surface area contributed by atoms with E-state index >= 15 is 0 Å². The predicted octanol–water partition coefficient (Wildman–Crippen LogP) is 4.89. The Morgan fingerprint density at radius 3 is 2.40 bits per heavy atom. The van der Waals surface area contributed by atoms with Gasteiger partial charge in [0.25, 0.3) is 0 Å². The molecule has 0 amide bonds. The number of nitrogens with zero attached hydrogens (tertiary/aromatic N) is 2. The van der Waals surface area contributed by atoms with Gasteiger partial charge in [0, 0.05) is 11.1 Å². The van der Waals surface area contributed by atoms with Crippen molar-refractivity contribution in [2.24, 2.45) is 5.41 Å². The lowest BCUT2D eigenvalue weighted by atomic mass is 9.92. The highest BCUT2D eigenvalue weighted by Gasteiger charge is 2.31. The average molecular weight is 391 g/mol. The topological polar surface area (TPSA) is 64.1 Å².